The van der Waals surface area contributed by atoms with E-state index in [1.54, 1.807) is 19.1 Å². The number of rotatable bonds is 3. The SMILES string of the molecule is CC(O)(c1cccc(F)c1)C1(CN)CCCCC1. The van der Waals surface area contributed by atoms with Gasteiger partial charge in [-0.15, -0.1) is 0 Å². The lowest BCUT2D eigenvalue weighted by atomic mass is 9.61. The summed E-state index contributed by atoms with van der Waals surface area (Å²) >= 11 is 0. The van der Waals surface area contributed by atoms with E-state index < -0.39 is 5.60 Å². The molecule has 0 saturated heterocycles. The van der Waals surface area contributed by atoms with E-state index in [9.17, 15) is 9.50 Å². The molecule has 0 aromatic heterocycles. The number of nitrogens with two attached hydrogens (primary N) is 1. The molecule has 0 heterocycles. The Balaban J connectivity index is 2.38. The highest BCUT2D eigenvalue weighted by atomic mass is 19.1. The highest BCUT2D eigenvalue weighted by Gasteiger charge is 2.47. The molecule has 0 aliphatic heterocycles. The summed E-state index contributed by atoms with van der Waals surface area (Å²) in [5.74, 6) is -0.309. The van der Waals surface area contributed by atoms with E-state index in [1.807, 2.05) is 0 Å². The van der Waals surface area contributed by atoms with Crippen molar-refractivity contribution < 1.29 is 9.50 Å². The summed E-state index contributed by atoms with van der Waals surface area (Å²) in [5.41, 5.74) is 5.19. The fourth-order valence-corrected chi connectivity index (χ4v) is 3.22. The lowest BCUT2D eigenvalue weighted by Crippen LogP contribution is -2.49. The van der Waals surface area contributed by atoms with Crippen molar-refractivity contribution in [1.82, 2.24) is 0 Å². The Bertz CT molecular complexity index is 411. The summed E-state index contributed by atoms with van der Waals surface area (Å²) in [6, 6.07) is 6.25. The third-order valence-electron chi connectivity index (χ3n) is 4.62. The van der Waals surface area contributed by atoms with Crippen LogP contribution in [0.3, 0.4) is 0 Å². The van der Waals surface area contributed by atoms with Gasteiger partial charge in [0.15, 0.2) is 0 Å². The van der Waals surface area contributed by atoms with E-state index in [-0.39, 0.29) is 11.2 Å². The number of aliphatic hydroxyl groups is 1. The molecule has 1 fully saturated rings. The lowest BCUT2D eigenvalue weighted by Gasteiger charge is -2.47. The molecule has 0 amide bonds. The van der Waals surface area contributed by atoms with E-state index >= 15 is 0 Å². The smallest absolute Gasteiger partial charge is 0.123 e. The van der Waals surface area contributed by atoms with Gasteiger partial charge >= 0.3 is 0 Å². The third kappa shape index (κ3) is 2.17. The Hall–Kier alpha value is -0.930. The minimum atomic E-state index is -1.07. The van der Waals surface area contributed by atoms with Crippen LogP contribution in [0.5, 0.6) is 0 Å². The summed E-state index contributed by atoms with van der Waals surface area (Å²) in [5, 5.41) is 10.9. The van der Waals surface area contributed by atoms with Crippen LogP contribution in [0.15, 0.2) is 24.3 Å². The predicted octanol–water partition coefficient (Wildman–Crippen LogP) is 2.94. The van der Waals surface area contributed by atoms with Crippen molar-refractivity contribution in [2.45, 2.75) is 44.6 Å². The van der Waals surface area contributed by atoms with Crippen molar-refractivity contribution in [3.05, 3.63) is 35.6 Å². The molecule has 0 spiro atoms. The summed E-state index contributed by atoms with van der Waals surface area (Å²) < 4.78 is 13.4. The third-order valence-corrected chi connectivity index (χ3v) is 4.62. The second kappa shape index (κ2) is 4.98. The minimum Gasteiger partial charge on any atom is -0.385 e. The maximum atomic E-state index is 13.4. The largest absolute Gasteiger partial charge is 0.385 e. The van der Waals surface area contributed by atoms with Gasteiger partial charge in [0.1, 0.15) is 5.82 Å². The van der Waals surface area contributed by atoms with Crippen LogP contribution in [0.1, 0.15) is 44.6 Å². The first-order valence-corrected chi connectivity index (χ1v) is 6.70. The van der Waals surface area contributed by atoms with Gasteiger partial charge in [-0.3, -0.25) is 0 Å². The summed E-state index contributed by atoms with van der Waals surface area (Å²) in [7, 11) is 0. The summed E-state index contributed by atoms with van der Waals surface area (Å²) in [6.45, 7) is 2.22. The molecule has 2 nitrogen and oxygen atoms in total. The van der Waals surface area contributed by atoms with Crippen LogP contribution in [0.25, 0.3) is 0 Å². The van der Waals surface area contributed by atoms with Crippen molar-refractivity contribution in [3.63, 3.8) is 0 Å². The molecule has 0 radical (unpaired) electrons. The van der Waals surface area contributed by atoms with Crippen LogP contribution < -0.4 is 5.73 Å². The van der Waals surface area contributed by atoms with Crippen LogP contribution >= 0.6 is 0 Å². The molecule has 1 aliphatic rings. The van der Waals surface area contributed by atoms with Crippen LogP contribution in [0.4, 0.5) is 4.39 Å². The van der Waals surface area contributed by atoms with Crippen molar-refractivity contribution >= 4 is 0 Å². The van der Waals surface area contributed by atoms with E-state index in [0.29, 0.717) is 12.1 Å². The van der Waals surface area contributed by atoms with Gasteiger partial charge in [0.25, 0.3) is 0 Å². The minimum absolute atomic E-state index is 0.309. The van der Waals surface area contributed by atoms with Gasteiger partial charge in [0.05, 0.1) is 5.60 Å². The van der Waals surface area contributed by atoms with Gasteiger partial charge in [-0.1, -0.05) is 31.4 Å². The van der Waals surface area contributed by atoms with Crippen molar-refractivity contribution in [2.24, 2.45) is 11.1 Å². The average Bonchev–Trinajstić information content (AvgIpc) is 2.39. The van der Waals surface area contributed by atoms with Crippen molar-refractivity contribution in [2.75, 3.05) is 6.54 Å². The monoisotopic (exact) mass is 251 g/mol. The average molecular weight is 251 g/mol. The maximum absolute atomic E-state index is 13.4. The van der Waals surface area contributed by atoms with Crippen LogP contribution in [-0.4, -0.2) is 11.7 Å². The first-order valence-electron chi connectivity index (χ1n) is 6.70. The van der Waals surface area contributed by atoms with Crippen LogP contribution in [0, 0.1) is 11.2 Å². The van der Waals surface area contributed by atoms with E-state index in [4.69, 9.17) is 5.73 Å². The van der Waals surface area contributed by atoms with Gasteiger partial charge < -0.3 is 10.8 Å². The first-order chi connectivity index (χ1) is 8.52. The standard InChI is InChI=1S/C15H22FNO/c1-14(18,12-6-5-7-13(16)10-12)15(11-17)8-3-2-4-9-15/h5-7,10,18H,2-4,8-9,11,17H2,1H3. The quantitative estimate of drug-likeness (QED) is 0.867. The lowest BCUT2D eigenvalue weighted by molar-refractivity contribution is -0.0920. The zero-order valence-electron chi connectivity index (χ0n) is 11.0. The topological polar surface area (TPSA) is 46.2 Å². The number of benzene rings is 1. The van der Waals surface area contributed by atoms with Crippen molar-refractivity contribution in [3.8, 4) is 0 Å². The Morgan fingerprint density at radius 1 is 1.33 bits per heavy atom. The maximum Gasteiger partial charge on any atom is 0.123 e. The van der Waals surface area contributed by atoms with E-state index in [1.165, 1.54) is 18.6 Å². The molecule has 1 atom stereocenters. The zero-order valence-corrected chi connectivity index (χ0v) is 11.0. The van der Waals surface area contributed by atoms with Gasteiger partial charge in [0, 0.05) is 12.0 Å². The molecule has 18 heavy (non-hydrogen) atoms. The summed E-state index contributed by atoms with van der Waals surface area (Å²) in [4.78, 5) is 0. The fraction of sp³-hybridized carbons (Fsp3) is 0.600. The second-order valence-electron chi connectivity index (χ2n) is 5.63. The molecule has 2 rings (SSSR count). The second-order valence-corrected chi connectivity index (χ2v) is 5.63. The van der Waals surface area contributed by atoms with E-state index in [0.717, 1.165) is 25.7 Å². The molecule has 1 saturated carbocycles. The van der Waals surface area contributed by atoms with Gasteiger partial charge in [-0.25, -0.2) is 4.39 Å². The van der Waals surface area contributed by atoms with Gasteiger partial charge in [-0.05, 0) is 37.5 Å². The van der Waals surface area contributed by atoms with Crippen molar-refractivity contribution in [1.29, 1.82) is 0 Å². The Labute approximate surface area is 108 Å². The number of hydrogen-bond donors (Lipinski definition) is 2. The first kappa shape index (κ1) is 13.5. The summed E-state index contributed by atoms with van der Waals surface area (Å²) in [6.07, 6.45) is 5.19. The molecule has 1 aromatic carbocycles. The molecule has 0 bridgehead atoms. The number of halogens is 1. The Morgan fingerprint density at radius 3 is 2.56 bits per heavy atom. The number of hydrogen-bond acceptors (Lipinski definition) is 2. The Kier molecular flexibility index (Phi) is 3.74. The molecule has 1 aromatic rings. The van der Waals surface area contributed by atoms with Gasteiger partial charge in [0.2, 0.25) is 0 Å². The van der Waals surface area contributed by atoms with Crippen LogP contribution in [0.2, 0.25) is 0 Å². The molecular weight excluding hydrogens is 229 g/mol. The highest BCUT2D eigenvalue weighted by molar-refractivity contribution is 5.26. The molecule has 3 heteroatoms. The highest BCUT2D eigenvalue weighted by Crippen LogP contribution is 2.49. The van der Waals surface area contributed by atoms with Gasteiger partial charge in [-0.2, -0.15) is 0 Å². The predicted molar refractivity (Wildman–Crippen MR) is 70.5 cm³/mol. The molecule has 1 unspecified atom stereocenters. The normalized spacial score (nSPS) is 22.4. The molecular formula is C15H22FNO. The van der Waals surface area contributed by atoms with E-state index in [2.05, 4.69) is 0 Å². The Morgan fingerprint density at radius 2 is 2.00 bits per heavy atom. The molecule has 1 aliphatic carbocycles. The fourth-order valence-electron chi connectivity index (χ4n) is 3.22. The zero-order chi connectivity index (χ0) is 13.2. The molecule has 3 N–H and O–H groups in total. The van der Waals surface area contributed by atoms with Crippen LogP contribution in [-0.2, 0) is 5.60 Å². The molecule has 100 valence electrons.